The predicted octanol–water partition coefficient (Wildman–Crippen LogP) is 1.57. The molecule has 1 aromatic carbocycles. The lowest BCUT2D eigenvalue weighted by Crippen LogP contribution is -2.27. The molecule has 17 heavy (non-hydrogen) atoms. The first-order chi connectivity index (χ1) is 8.08. The molecule has 1 N–H and O–H groups in total. The lowest BCUT2D eigenvalue weighted by atomic mass is 10.0. The number of nitrogens with one attached hydrogen (secondary N) is 1. The molecule has 0 aliphatic carbocycles. The summed E-state index contributed by atoms with van der Waals surface area (Å²) in [6, 6.07) is 7.26. The van der Waals surface area contributed by atoms with Gasteiger partial charge in [-0.2, -0.15) is 12.8 Å². The van der Waals surface area contributed by atoms with Crippen molar-refractivity contribution >= 4 is 15.7 Å². The second kappa shape index (κ2) is 4.58. The van der Waals surface area contributed by atoms with Gasteiger partial charge in [0.15, 0.2) is 0 Å². The van der Waals surface area contributed by atoms with Gasteiger partial charge in [-0.1, -0.05) is 25.1 Å². The molecule has 1 heterocycles. The van der Waals surface area contributed by atoms with Crippen LogP contribution in [0.2, 0.25) is 0 Å². The lowest BCUT2D eigenvalue weighted by Gasteiger charge is -2.13. The zero-order valence-corrected chi connectivity index (χ0v) is 10.8. The number of benzene rings is 1. The molecule has 1 aliphatic rings. The maximum atomic E-state index is 11.8. The molecule has 4 nitrogen and oxygen atoms in total. The summed E-state index contributed by atoms with van der Waals surface area (Å²) in [7, 11) is -1.58. The highest BCUT2D eigenvalue weighted by Gasteiger charge is 2.28. The summed E-state index contributed by atoms with van der Waals surface area (Å²) in [6.45, 7) is 2.07. The Morgan fingerprint density at radius 3 is 2.71 bits per heavy atom. The van der Waals surface area contributed by atoms with Crippen LogP contribution in [0.3, 0.4) is 0 Å². The van der Waals surface area contributed by atoms with Gasteiger partial charge in [0, 0.05) is 18.0 Å². The third-order valence-electron chi connectivity index (χ3n) is 3.05. The first-order valence-corrected chi connectivity index (χ1v) is 7.13. The first kappa shape index (κ1) is 12.3. The van der Waals surface area contributed by atoms with Crippen molar-refractivity contribution < 1.29 is 8.42 Å². The number of sulfonamides is 1. The second-order valence-corrected chi connectivity index (χ2v) is 5.68. The lowest BCUT2D eigenvalue weighted by molar-refractivity contribution is 0.564. The molecule has 0 bridgehead atoms. The predicted molar refractivity (Wildman–Crippen MR) is 67.9 cm³/mol. The van der Waals surface area contributed by atoms with Crippen LogP contribution < -0.4 is 5.32 Å². The smallest absolute Gasteiger partial charge is 0.283 e. The van der Waals surface area contributed by atoms with E-state index in [-0.39, 0.29) is 6.04 Å². The van der Waals surface area contributed by atoms with Crippen LogP contribution in [0, 0.1) is 0 Å². The molecular weight excluding hydrogens is 236 g/mol. The highest BCUT2D eigenvalue weighted by molar-refractivity contribution is 7.90. The fraction of sp³-hybridized carbons (Fsp3) is 0.417. The van der Waals surface area contributed by atoms with Crippen molar-refractivity contribution in [2.24, 2.45) is 4.40 Å². The number of rotatable bonds is 4. The molecule has 5 heteroatoms. The van der Waals surface area contributed by atoms with E-state index in [4.69, 9.17) is 0 Å². The van der Waals surface area contributed by atoms with Gasteiger partial charge in [-0.15, -0.1) is 0 Å². The van der Waals surface area contributed by atoms with E-state index in [9.17, 15) is 8.42 Å². The molecule has 0 saturated heterocycles. The highest BCUT2D eigenvalue weighted by atomic mass is 32.2. The second-order valence-electron chi connectivity index (χ2n) is 4.11. The Balaban J connectivity index is 2.38. The van der Waals surface area contributed by atoms with Crippen molar-refractivity contribution in [2.45, 2.75) is 30.7 Å². The summed E-state index contributed by atoms with van der Waals surface area (Å²) in [6.07, 6.45) is 1.58. The maximum absolute atomic E-state index is 11.8. The van der Waals surface area contributed by atoms with Gasteiger partial charge in [0.2, 0.25) is 0 Å². The van der Waals surface area contributed by atoms with Gasteiger partial charge in [0.25, 0.3) is 10.0 Å². The molecule has 0 spiro atoms. The van der Waals surface area contributed by atoms with Gasteiger partial charge in [-0.25, -0.2) is 0 Å². The largest absolute Gasteiger partial charge is 0.317 e. The number of nitrogens with zero attached hydrogens (tertiary/aromatic N) is 1. The van der Waals surface area contributed by atoms with E-state index in [0.29, 0.717) is 17.0 Å². The topological polar surface area (TPSA) is 58.5 Å². The number of hydrogen-bond donors (Lipinski definition) is 1. The number of fused-ring (bicyclic) bond motifs is 1. The fourth-order valence-electron chi connectivity index (χ4n) is 2.00. The van der Waals surface area contributed by atoms with E-state index in [1.54, 1.807) is 12.1 Å². The maximum Gasteiger partial charge on any atom is 0.283 e. The Morgan fingerprint density at radius 1 is 1.35 bits per heavy atom. The Hall–Kier alpha value is -1.20. The fourth-order valence-corrected chi connectivity index (χ4v) is 3.28. The van der Waals surface area contributed by atoms with Gasteiger partial charge in [0.05, 0.1) is 10.6 Å². The van der Waals surface area contributed by atoms with E-state index in [1.165, 1.54) is 0 Å². The molecule has 92 valence electrons. The van der Waals surface area contributed by atoms with Crippen molar-refractivity contribution in [1.29, 1.82) is 0 Å². The van der Waals surface area contributed by atoms with Gasteiger partial charge >= 0.3 is 0 Å². The highest BCUT2D eigenvalue weighted by Crippen LogP contribution is 2.27. The Kier molecular flexibility index (Phi) is 3.31. The van der Waals surface area contributed by atoms with Crippen LogP contribution in [-0.4, -0.2) is 27.2 Å². The number of hydrogen-bond acceptors (Lipinski definition) is 3. The van der Waals surface area contributed by atoms with Crippen LogP contribution in [0.1, 0.15) is 25.3 Å². The van der Waals surface area contributed by atoms with Crippen LogP contribution in [0.25, 0.3) is 0 Å². The van der Waals surface area contributed by atoms with E-state index in [0.717, 1.165) is 12.0 Å². The Morgan fingerprint density at radius 2 is 2.06 bits per heavy atom. The standard InChI is InChI=1S/C12H16N2O2S/c1-3-9(13-2)8-11-10-6-4-5-7-12(10)17(15,16)14-11/h4-7,9,13H,3,8H2,1-2H3. The molecule has 0 radical (unpaired) electrons. The van der Waals surface area contributed by atoms with Crippen LogP contribution in [0.4, 0.5) is 0 Å². The van der Waals surface area contributed by atoms with Crippen LogP contribution in [0.5, 0.6) is 0 Å². The SMILES string of the molecule is CCC(CC1=NS(=O)(=O)c2ccccc21)NC. The zero-order valence-electron chi connectivity index (χ0n) is 9.97. The molecular formula is C12H16N2O2S. The normalized spacial score (nSPS) is 18.6. The molecule has 0 fully saturated rings. The first-order valence-electron chi connectivity index (χ1n) is 5.69. The van der Waals surface area contributed by atoms with Gasteiger partial charge in [-0.3, -0.25) is 0 Å². The molecule has 0 aromatic heterocycles. The van der Waals surface area contributed by atoms with Crippen molar-refractivity contribution in [2.75, 3.05) is 7.05 Å². The average Bonchev–Trinajstić information content (AvgIpc) is 2.59. The van der Waals surface area contributed by atoms with Gasteiger partial charge in [0.1, 0.15) is 0 Å². The zero-order chi connectivity index (χ0) is 12.5. The van der Waals surface area contributed by atoms with Crippen molar-refractivity contribution in [3.8, 4) is 0 Å². The van der Waals surface area contributed by atoms with E-state index < -0.39 is 10.0 Å². The molecule has 1 unspecified atom stereocenters. The van der Waals surface area contributed by atoms with Crippen LogP contribution >= 0.6 is 0 Å². The van der Waals surface area contributed by atoms with E-state index >= 15 is 0 Å². The van der Waals surface area contributed by atoms with Gasteiger partial charge in [-0.05, 0) is 19.5 Å². The molecule has 1 aromatic rings. The summed E-state index contributed by atoms with van der Waals surface area (Å²) in [5, 5.41) is 3.16. The van der Waals surface area contributed by atoms with E-state index in [1.807, 2.05) is 19.2 Å². The Labute approximate surface area is 102 Å². The third kappa shape index (κ3) is 2.25. The minimum absolute atomic E-state index is 0.259. The minimum Gasteiger partial charge on any atom is -0.317 e. The van der Waals surface area contributed by atoms with Crippen molar-refractivity contribution in [3.63, 3.8) is 0 Å². The van der Waals surface area contributed by atoms with Crippen LogP contribution in [-0.2, 0) is 10.0 Å². The van der Waals surface area contributed by atoms with Crippen LogP contribution in [0.15, 0.2) is 33.6 Å². The third-order valence-corrected chi connectivity index (χ3v) is 4.42. The van der Waals surface area contributed by atoms with E-state index in [2.05, 4.69) is 16.6 Å². The molecule has 0 amide bonds. The summed E-state index contributed by atoms with van der Waals surface area (Å²) < 4.78 is 27.5. The molecule has 1 atom stereocenters. The summed E-state index contributed by atoms with van der Waals surface area (Å²) in [5.41, 5.74) is 1.42. The summed E-state index contributed by atoms with van der Waals surface area (Å²) in [4.78, 5) is 0.334. The van der Waals surface area contributed by atoms with Crippen molar-refractivity contribution in [3.05, 3.63) is 29.8 Å². The minimum atomic E-state index is -3.46. The molecule has 2 rings (SSSR count). The average molecular weight is 252 g/mol. The molecule has 1 aliphatic heterocycles. The Bertz CT molecular complexity index is 545. The monoisotopic (exact) mass is 252 g/mol. The quantitative estimate of drug-likeness (QED) is 0.884. The summed E-state index contributed by atoms with van der Waals surface area (Å²) in [5.74, 6) is 0. The van der Waals surface area contributed by atoms with Crippen molar-refractivity contribution in [1.82, 2.24) is 5.32 Å². The van der Waals surface area contributed by atoms with Gasteiger partial charge < -0.3 is 5.32 Å². The summed E-state index contributed by atoms with van der Waals surface area (Å²) >= 11 is 0. The molecule has 0 saturated carbocycles.